The molecule has 12 heteroatoms. The quantitative estimate of drug-likeness (QED) is 0.374. The summed E-state index contributed by atoms with van der Waals surface area (Å²) in [5.41, 5.74) is 2.07. The molecule has 176 valence electrons. The number of H-pyrrole nitrogens is 1. The van der Waals surface area contributed by atoms with Gasteiger partial charge in [-0.3, -0.25) is 9.59 Å². The molecule has 2 amide bonds. The zero-order valence-electron chi connectivity index (χ0n) is 18.5. The molecule has 0 spiro atoms. The number of carbonyl (C=O) groups excluding carboxylic acids is 2. The van der Waals surface area contributed by atoms with Crippen LogP contribution >= 0.6 is 23.1 Å². The number of hydrogen-bond acceptors (Lipinski definition) is 9. The summed E-state index contributed by atoms with van der Waals surface area (Å²) in [5, 5.41) is 16.8. The number of nitrogens with zero attached hydrogens (tertiary/aromatic N) is 5. The maximum absolute atomic E-state index is 12.9. The van der Waals surface area contributed by atoms with Crippen LogP contribution in [0, 0.1) is 6.92 Å². The molecular formula is C22H23N7O3S2. The number of anilines is 2. The van der Waals surface area contributed by atoms with Crippen LogP contribution in [0.2, 0.25) is 0 Å². The Kier molecular flexibility index (Phi) is 6.50. The van der Waals surface area contributed by atoms with Gasteiger partial charge in [-0.05, 0) is 18.6 Å². The molecule has 1 aliphatic rings. The van der Waals surface area contributed by atoms with Crippen LogP contribution in [0.4, 0.5) is 10.9 Å². The molecule has 1 aliphatic heterocycles. The minimum atomic E-state index is -0.183. The van der Waals surface area contributed by atoms with Gasteiger partial charge >= 0.3 is 0 Å². The van der Waals surface area contributed by atoms with Crippen molar-refractivity contribution in [1.82, 2.24) is 25.2 Å². The number of thioether (sulfide) groups is 1. The largest absolute Gasteiger partial charge is 0.361 e. The highest BCUT2D eigenvalue weighted by molar-refractivity contribution is 8.01. The minimum absolute atomic E-state index is 0.131. The van der Waals surface area contributed by atoms with Crippen molar-refractivity contribution in [1.29, 1.82) is 0 Å². The van der Waals surface area contributed by atoms with Crippen LogP contribution in [0.5, 0.6) is 0 Å². The molecule has 1 fully saturated rings. The molecule has 3 aromatic heterocycles. The summed E-state index contributed by atoms with van der Waals surface area (Å²) < 4.78 is 5.66. The maximum atomic E-state index is 12.9. The number of para-hydroxylation sites is 1. The highest BCUT2D eigenvalue weighted by Gasteiger charge is 2.24. The van der Waals surface area contributed by atoms with Crippen molar-refractivity contribution in [3.05, 3.63) is 47.9 Å². The van der Waals surface area contributed by atoms with Crippen molar-refractivity contribution in [3.63, 3.8) is 0 Å². The maximum Gasteiger partial charge on any atom is 0.236 e. The smallest absolute Gasteiger partial charge is 0.236 e. The molecular weight excluding hydrogens is 474 g/mol. The summed E-state index contributed by atoms with van der Waals surface area (Å²) in [6, 6.07) is 9.68. The molecule has 0 radical (unpaired) electrons. The van der Waals surface area contributed by atoms with Crippen LogP contribution in [0.15, 0.2) is 45.4 Å². The van der Waals surface area contributed by atoms with E-state index in [-0.39, 0.29) is 17.6 Å². The van der Waals surface area contributed by atoms with E-state index in [2.05, 4.69) is 30.6 Å². The summed E-state index contributed by atoms with van der Waals surface area (Å²) in [6.45, 7) is 4.45. The van der Waals surface area contributed by atoms with Crippen molar-refractivity contribution in [2.24, 2.45) is 0 Å². The van der Waals surface area contributed by atoms with Gasteiger partial charge in [0.25, 0.3) is 0 Å². The molecule has 34 heavy (non-hydrogen) atoms. The second kappa shape index (κ2) is 9.85. The zero-order chi connectivity index (χ0) is 23.5. The third-order valence-electron chi connectivity index (χ3n) is 5.54. The predicted molar refractivity (Wildman–Crippen MR) is 131 cm³/mol. The SMILES string of the molecule is Cc1cc(NC(=O)CSc2nnc(N3CCN(C(=O)Cc4c[nH]c5ccccc45)CC3)s2)no1. The summed E-state index contributed by atoms with van der Waals surface area (Å²) >= 11 is 2.78. The second-order valence-corrected chi connectivity index (χ2v) is 10.1. The van der Waals surface area contributed by atoms with Crippen molar-refractivity contribution in [3.8, 4) is 0 Å². The Morgan fingerprint density at radius 1 is 1.21 bits per heavy atom. The number of nitrogens with one attached hydrogen (secondary N) is 2. The number of hydrogen-bond donors (Lipinski definition) is 2. The van der Waals surface area contributed by atoms with E-state index in [0.717, 1.165) is 25.9 Å². The van der Waals surface area contributed by atoms with Gasteiger partial charge in [-0.2, -0.15) is 0 Å². The molecule has 0 aliphatic carbocycles. The highest BCUT2D eigenvalue weighted by Crippen LogP contribution is 2.29. The molecule has 2 N–H and O–H groups in total. The number of piperazine rings is 1. The Hall–Kier alpha value is -3.38. The Bertz CT molecular complexity index is 1310. The summed E-state index contributed by atoms with van der Waals surface area (Å²) in [6.07, 6.45) is 2.31. The van der Waals surface area contributed by atoms with Crippen LogP contribution in [-0.4, -0.2) is 69.0 Å². The summed E-state index contributed by atoms with van der Waals surface area (Å²) in [4.78, 5) is 32.2. The fourth-order valence-corrected chi connectivity index (χ4v) is 5.51. The second-order valence-electron chi connectivity index (χ2n) is 7.91. The van der Waals surface area contributed by atoms with Gasteiger partial charge in [0.15, 0.2) is 10.2 Å². The zero-order valence-corrected chi connectivity index (χ0v) is 20.1. The first-order valence-corrected chi connectivity index (χ1v) is 12.6. The molecule has 0 saturated carbocycles. The third-order valence-corrected chi connectivity index (χ3v) is 7.65. The number of aromatic nitrogens is 4. The van der Waals surface area contributed by atoms with Crippen LogP contribution in [0.1, 0.15) is 11.3 Å². The molecule has 0 unspecified atom stereocenters. The minimum Gasteiger partial charge on any atom is -0.361 e. The summed E-state index contributed by atoms with van der Waals surface area (Å²) in [7, 11) is 0. The normalized spacial score (nSPS) is 14.0. The lowest BCUT2D eigenvalue weighted by Crippen LogP contribution is -2.49. The Labute approximate surface area is 203 Å². The highest BCUT2D eigenvalue weighted by atomic mass is 32.2. The summed E-state index contributed by atoms with van der Waals surface area (Å²) in [5.74, 6) is 1.19. The van der Waals surface area contributed by atoms with Gasteiger partial charge in [0.1, 0.15) is 5.76 Å². The lowest BCUT2D eigenvalue weighted by atomic mass is 10.1. The molecule has 4 heterocycles. The predicted octanol–water partition coefficient (Wildman–Crippen LogP) is 2.94. The standard InChI is InChI=1S/C22H23N7O3S2/c1-14-10-18(27-32-14)24-19(30)13-33-22-26-25-21(34-22)29-8-6-28(7-9-29)20(31)11-15-12-23-17-5-3-2-4-16(15)17/h2-5,10,12,23H,6-9,11,13H2,1H3,(H,24,27,30). The van der Waals surface area contributed by atoms with E-state index < -0.39 is 0 Å². The van der Waals surface area contributed by atoms with Gasteiger partial charge in [-0.1, -0.05) is 46.5 Å². The molecule has 5 rings (SSSR count). The monoisotopic (exact) mass is 497 g/mol. The number of carbonyl (C=O) groups is 2. The van der Waals surface area contributed by atoms with Crippen molar-refractivity contribution in [2.45, 2.75) is 17.7 Å². The van der Waals surface area contributed by atoms with Gasteiger partial charge < -0.3 is 24.6 Å². The van der Waals surface area contributed by atoms with Gasteiger partial charge in [0.2, 0.25) is 16.9 Å². The Morgan fingerprint density at radius 3 is 2.82 bits per heavy atom. The van der Waals surface area contributed by atoms with Crippen LogP contribution in [-0.2, 0) is 16.0 Å². The lowest BCUT2D eigenvalue weighted by Gasteiger charge is -2.34. The number of rotatable bonds is 7. The van der Waals surface area contributed by atoms with Gasteiger partial charge in [0, 0.05) is 49.3 Å². The van der Waals surface area contributed by atoms with Crippen LogP contribution in [0.3, 0.4) is 0 Å². The third kappa shape index (κ3) is 5.07. The van der Waals surface area contributed by atoms with Crippen molar-refractivity contribution < 1.29 is 14.1 Å². The van der Waals surface area contributed by atoms with Gasteiger partial charge in [-0.25, -0.2) is 0 Å². The van der Waals surface area contributed by atoms with E-state index in [1.54, 1.807) is 13.0 Å². The average molecular weight is 498 g/mol. The number of amides is 2. The fraction of sp³-hybridized carbons (Fsp3) is 0.318. The van der Waals surface area contributed by atoms with E-state index in [0.29, 0.717) is 44.2 Å². The molecule has 1 saturated heterocycles. The first-order valence-electron chi connectivity index (χ1n) is 10.8. The topological polar surface area (TPSA) is 120 Å². The van der Waals surface area contributed by atoms with E-state index in [4.69, 9.17) is 4.52 Å². The number of fused-ring (bicyclic) bond motifs is 1. The lowest BCUT2D eigenvalue weighted by molar-refractivity contribution is -0.130. The van der Waals surface area contributed by atoms with E-state index in [1.807, 2.05) is 35.4 Å². The first kappa shape index (κ1) is 22.4. The molecule has 0 atom stereocenters. The van der Waals surface area contributed by atoms with Crippen molar-refractivity contribution >= 4 is 56.8 Å². The van der Waals surface area contributed by atoms with Crippen LogP contribution in [0.25, 0.3) is 10.9 Å². The molecule has 4 aromatic rings. The molecule has 0 bridgehead atoms. The number of aryl methyl sites for hydroxylation is 1. The van der Waals surface area contributed by atoms with Gasteiger partial charge in [-0.15, -0.1) is 10.2 Å². The van der Waals surface area contributed by atoms with Crippen molar-refractivity contribution in [2.75, 3.05) is 42.1 Å². The van der Waals surface area contributed by atoms with E-state index in [9.17, 15) is 9.59 Å². The van der Waals surface area contributed by atoms with Crippen LogP contribution < -0.4 is 10.2 Å². The first-order chi connectivity index (χ1) is 16.5. The fourth-order valence-electron chi connectivity index (χ4n) is 3.82. The Morgan fingerprint density at radius 2 is 2.03 bits per heavy atom. The molecule has 1 aromatic carbocycles. The number of benzene rings is 1. The number of aromatic amines is 1. The van der Waals surface area contributed by atoms with E-state index in [1.165, 1.54) is 23.1 Å². The average Bonchev–Trinajstić information content (AvgIpc) is 3.58. The van der Waals surface area contributed by atoms with Gasteiger partial charge in [0.05, 0.1) is 12.2 Å². The van der Waals surface area contributed by atoms with E-state index >= 15 is 0 Å². The Balaban J connectivity index is 1.10. The molecule has 10 nitrogen and oxygen atoms in total.